The summed E-state index contributed by atoms with van der Waals surface area (Å²) in [6.07, 6.45) is 15.7. The maximum atomic E-state index is 6.78. The highest BCUT2D eigenvalue weighted by molar-refractivity contribution is 5.85. The van der Waals surface area contributed by atoms with E-state index in [0.29, 0.717) is 5.92 Å². The molecule has 2 heteroatoms. The van der Waals surface area contributed by atoms with Crippen molar-refractivity contribution in [3.05, 3.63) is 35.9 Å². The van der Waals surface area contributed by atoms with Crippen LogP contribution in [0.5, 0.6) is 0 Å². The van der Waals surface area contributed by atoms with Crippen molar-refractivity contribution in [3.8, 4) is 0 Å². The molecule has 0 saturated carbocycles. The van der Waals surface area contributed by atoms with Crippen LogP contribution in [0.4, 0.5) is 0 Å². The highest BCUT2D eigenvalue weighted by Crippen LogP contribution is 2.30. The highest BCUT2D eigenvalue weighted by Gasteiger charge is 2.30. The second-order valence-electron chi connectivity index (χ2n) is 7.59. The van der Waals surface area contributed by atoms with E-state index < -0.39 is 0 Å². The predicted octanol–water partition coefficient (Wildman–Crippen LogP) is 7.32. The first-order valence-corrected chi connectivity index (χ1v) is 10.5. The Morgan fingerprint density at radius 2 is 1.32 bits per heavy atom. The SMILES string of the molecule is CCCCCCCCCCC(Cc1ccccc1)C(N)(CC)CC.Cl. The quantitative estimate of drug-likeness (QED) is 0.342. The van der Waals surface area contributed by atoms with Gasteiger partial charge in [-0.25, -0.2) is 0 Å². The smallest absolute Gasteiger partial charge is 0.0180 e. The summed E-state index contributed by atoms with van der Waals surface area (Å²) in [5.41, 5.74) is 8.22. The Hall–Kier alpha value is -0.530. The summed E-state index contributed by atoms with van der Waals surface area (Å²) in [6.45, 7) is 6.80. The van der Waals surface area contributed by atoms with Gasteiger partial charge in [0.15, 0.2) is 0 Å². The van der Waals surface area contributed by atoms with E-state index in [9.17, 15) is 0 Å². The van der Waals surface area contributed by atoms with E-state index in [-0.39, 0.29) is 17.9 Å². The van der Waals surface area contributed by atoms with Gasteiger partial charge in [-0.3, -0.25) is 0 Å². The zero-order chi connectivity index (χ0) is 17.7. The molecule has 0 amide bonds. The summed E-state index contributed by atoms with van der Waals surface area (Å²) in [5, 5.41) is 0. The molecule has 25 heavy (non-hydrogen) atoms. The Balaban J connectivity index is 0.00000576. The second-order valence-corrected chi connectivity index (χ2v) is 7.59. The van der Waals surface area contributed by atoms with Crippen LogP contribution in [0.1, 0.15) is 97.0 Å². The maximum Gasteiger partial charge on any atom is 0.0180 e. The lowest BCUT2D eigenvalue weighted by Gasteiger charge is -2.36. The minimum absolute atomic E-state index is 0. The Bertz CT molecular complexity index is 400. The first-order chi connectivity index (χ1) is 11.7. The predicted molar refractivity (Wildman–Crippen MR) is 116 cm³/mol. The van der Waals surface area contributed by atoms with Crippen LogP contribution >= 0.6 is 12.4 Å². The van der Waals surface area contributed by atoms with E-state index in [4.69, 9.17) is 5.73 Å². The Morgan fingerprint density at radius 3 is 1.84 bits per heavy atom. The molecule has 0 radical (unpaired) electrons. The number of hydrogen-bond donors (Lipinski definition) is 1. The van der Waals surface area contributed by atoms with Gasteiger partial charge in [-0.2, -0.15) is 0 Å². The first-order valence-electron chi connectivity index (χ1n) is 10.5. The van der Waals surface area contributed by atoms with Crippen LogP contribution in [0.15, 0.2) is 30.3 Å². The fourth-order valence-electron chi connectivity index (χ4n) is 3.84. The number of rotatable bonds is 14. The molecule has 0 spiro atoms. The molecule has 1 aromatic carbocycles. The topological polar surface area (TPSA) is 26.0 Å². The van der Waals surface area contributed by atoms with E-state index in [1.807, 2.05) is 0 Å². The van der Waals surface area contributed by atoms with Crippen molar-refractivity contribution in [3.63, 3.8) is 0 Å². The van der Waals surface area contributed by atoms with Gasteiger partial charge in [0.2, 0.25) is 0 Å². The van der Waals surface area contributed by atoms with Crippen LogP contribution in [0, 0.1) is 5.92 Å². The third kappa shape index (κ3) is 9.66. The molecule has 0 aliphatic rings. The fourth-order valence-corrected chi connectivity index (χ4v) is 3.84. The molecule has 0 bridgehead atoms. The van der Waals surface area contributed by atoms with Gasteiger partial charge in [-0.15, -0.1) is 12.4 Å². The minimum atomic E-state index is -0.00301. The maximum absolute atomic E-state index is 6.78. The molecule has 0 aromatic heterocycles. The monoisotopic (exact) mass is 367 g/mol. The van der Waals surface area contributed by atoms with Crippen LogP contribution in [-0.2, 0) is 6.42 Å². The lowest BCUT2D eigenvalue weighted by Crippen LogP contribution is -2.47. The highest BCUT2D eigenvalue weighted by atomic mass is 35.5. The van der Waals surface area contributed by atoms with Crippen molar-refractivity contribution in [2.75, 3.05) is 0 Å². The van der Waals surface area contributed by atoms with Crippen LogP contribution < -0.4 is 5.73 Å². The fraction of sp³-hybridized carbons (Fsp3) is 0.739. The van der Waals surface area contributed by atoms with E-state index in [1.165, 1.54) is 63.4 Å². The molecule has 0 fully saturated rings. The van der Waals surface area contributed by atoms with Gasteiger partial charge in [0.25, 0.3) is 0 Å². The molecule has 1 nitrogen and oxygen atoms in total. The van der Waals surface area contributed by atoms with Crippen LogP contribution in [-0.4, -0.2) is 5.54 Å². The Kier molecular flexibility index (Phi) is 14.3. The van der Waals surface area contributed by atoms with Gasteiger partial charge in [0.05, 0.1) is 0 Å². The molecule has 0 saturated heterocycles. The average Bonchev–Trinajstić information content (AvgIpc) is 2.63. The van der Waals surface area contributed by atoms with E-state index in [2.05, 4.69) is 51.1 Å². The second kappa shape index (κ2) is 14.6. The number of nitrogens with two attached hydrogens (primary N) is 1. The van der Waals surface area contributed by atoms with Crippen molar-refractivity contribution < 1.29 is 0 Å². The van der Waals surface area contributed by atoms with Gasteiger partial charge in [-0.1, -0.05) is 102 Å². The summed E-state index contributed by atoms with van der Waals surface area (Å²) >= 11 is 0. The van der Waals surface area contributed by atoms with Gasteiger partial charge in [0, 0.05) is 5.54 Å². The molecule has 1 aromatic rings. The molecule has 0 heterocycles. The summed E-state index contributed by atoms with van der Waals surface area (Å²) in [4.78, 5) is 0. The van der Waals surface area contributed by atoms with E-state index >= 15 is 0 Å². The zero-order valence-corrected chi connectivity index (χ0v) is 17.8. The largest absolute Gasteiger partial charge is 0.325 e. The van der Waals surface area contributed by atoms with Crippen molar-refractivity contribution in [2.24, 2.45) is 11.7 Å². The number of benzene rings is 1. The van der Waals surface area contributed by atoms with Crippen LogP contribution in [0.2, 0.25) is 0 Å². The van der Waals surface area contributed by atoms with Crippen molar-refractivity contribution in [2.45, 2.75) is 103 Å². The lowest BCUT2D eigenvalue weighted by atomic mass is 9.74. The molecule has 1 rings (SSSR count). The lowest BCUT2D eigenvalue weighted by molar-refractivity contribution is 0.229. The normalized spacial score (nSPS) is 12.6. The number of unbranched alkanes of at least 4 members (excludes halogenated alkanes) is 7. The molecule has 0 aliphatic carbocycles. The third-order valence-corrected chi connectivity index (χ3v) is 5.86. The Morgan fingerprint density at radius 1 is 0.800 bits per heavy atom. The number of hydrogen-bond acceptors (Lipinski definition) is 1. The molecule has 146 valence electrons. The molecular weight excluding hydrogens is 326 g/mol. The molecular formula is C23H42ClN. The minimum Gasteiger partial charge on any atom is -0.325 e. The summed E-state index contributed by atoms with van der Waals surface area (Å²) in [6, 6.07) is 10.9. The van der Waals surface area contributed by atoms with Gasteiger partial charge >= 0.3 is 0 Å². The van der Waals surface area contributed by atoms with E-state index in [0.717, 1.165) is 19.3 Å². The molecule has 1 unspecified atom stereocenters. The van der Waals surface area contributed by atoms with Gasteiger partial charge in [0.1, 0.15) is 0 Å². The summed E-state index contributed by atoms with van der Waals surface area (Å²) < 4.78 is 0. The van der Waals surface area contributed by atoms with Gasteiger partial charge < -0.3 is 5.73 Å². The summed E-state index contributed by atoms with van der Waals surface area (Å²) in [7, 11) is 0. The van der Waals surface area contributed by atoms with Crippen LogP contribution in [0.3, 0.4) is 0 Å². The molecule has 1 atom stereocenters. The molecule has 0 aliphatic heterocycles. The standard InChI is InChI=1S/C23H41N.ClH/c1-4-7-8-9-10-11-12-16-19-22(23(24,5-2)6-3)20-21-17-14-13-15-18-21;/h13-15,17-18,22H,4-12,16,19-20,24H2,1-3H3;1H. The number of halogens is 1. The third-order valence-electron chi connectivity index (χ3n) is 5.86. The molecule has 2 N–H and O–H groups in total. The average molecular weight is 368 g/mol. The van der Waals surface area contributed by atoms with Gasteiger partial charge in [-0.05, 0) is 37.2 Å². The first kappa shape index (κ1) is 24.5. The van der Waals surface area contributed by atoms with Crippen molar-refractivity contribution in [1.29, 1.82) is 0 Å². The van der Waals surface area contributed by atoms with Crippen molar-refractivity contribution >= 4 is 12.4 Å². The van der Waals surface area contributed by atoms with E-state index in [1.54, 1.807) is 0 Å². The van der Waals surface area contributed by atoms with Crippen molar-refractivity contribution in [1.82, 2.24) is 0 Å². The summed E-state index contributed by atoms with van der Waals surface area (Å²) in [5.74, 6) is 0.606. The zero-order valence-electron chi connectivity index (χ0n) is 16.9. The van der Waals surface area contributed by atoms with Crippen LogP contribution in [0.25, 0.3) is 0 Å². The Labute approximate surface area is 163 Å².